The van der Waals surface area contributed by atoms with Crippen molar-refractivity contribution in [3.8, 4) is 6.07 Å². The first-order chi connectivity index (χ1) is 10.2. The largest absolute Gasteiger partial charge is 0.442 e. The summed E-state index contributed by atoms with van der Waals surface area (Å²) in [6.07, 6.45) is -3.61. The van der Waals surface area contributed by atoms with E-state index in [0.29, 0.717) is 11.3 Å². The van der Waals surface area contributed by atoms with Crippen LogP contribution in [0.1, 0.15) is 22.6 Å². The lowest BCUT2D eigenvalue weighted by Crippen LogP contribution is -2.10. The van der Waals surface area contributed by atoms with Crippen molar-refractivity contribution in [2.24, 2.45) is 0 Å². The average Bonchev–Trinajstić information content (AvgIpc) is 2.77. The van der Waals surface area contributed by atoms with Gasteiger partial charge in [0.1, 0.15) is 11.8 Å². The summed E-state index contributed by atoms with van der Waals surface area (Å²) >= 11 is 0. The van der Waals surface area contributed by atoms with Gasteiger partial charge in [-0.3, -0.25) is 9.67 Å². The van der Waals surface area contributed by atoms with Gasteiger partial charge in [0.15, 0.2) is 0 Å². The van der Waals surface area contributed by atoms with Crippen LogP contribution >= 0.6 is 0 Å². The summed E-state index contributed by atoms with van der Waals surface area (Å²) in [4.78, 5) is 14.0. The van der Waals surface area contributed by atoms with Crippen LogP contribution in [-0.4, -0.2) is 24.9 Å². The lowest BCUT2D eigenvalue weighted by atomic mass is 10.2. The zero-order valence-corrected chi connectivity index (χ0v) is 11.2. The van der Waals surface area contributed by atoms with E-state index in [9.17, 15) is 18.1 Å². The van der Waals surface area contributed by atoms with E-state index in [0.717, 1.165) is 4.68 Å². The van der Waals surface area contributed by atoms with Crippen molar-refractivity contribution in [2.45, 2.75) is 19.6 Å². The first-order valence-electron chi connectivity index (χ1n) is 5.89. The number of alkyl halides is 3. The second kappa shape index (κ2) is 5.44. The third-order valence-electron chi connectivity index (χ3n) is 2.90. The molecule has 0 aliphatic rings. The monoisotopic (exact) mass is 312 g/mol. The van der Waals surface area contributed by atoms with Crippen molar-refractivity contribution in [3.05, 3.63) is 45.9 Å². The van der Waals surface area contributed by atoms with Crippen LogP contribution in [0.2, 0.25) is 0 Å². The van der Waals surface area contributed by atoms with E-state index in [4.69, 9.17) is 10.5 Å². The van der Waals surface area contributed by atoms with Gasteiger partial charge in [-0.15, -0.1) is 0 Å². The molecular formula is C12H9F3N5O2+. The second-order valence-corrected chi connectivity index (χ2v) is 4.36. The van der Waals surface area contributed by atoms with Crippen LogP contribution in [0, 0.1) is 23.2 Å². The Kier molecular flexibility index (Phi) is 3.81. The summed E-state index contributed by atoms with van der Waals surface area (Å²) in [5.74, 6) is 0. The Balaban J connectivity index is 2.43. The summed E-state index contributed by atoms with van der Waals surface area (Å²) in [5, 5.41) is 20.8. The van der Waals surface area contributed by atoms with Gasteiger partial charge < -0.3 is 0 Å². The maximum absolute atomic E-state index is 12.8. The van der Waals surface area contributed by atoms with Gasteiger partial charge in [0.2, 0.25) is 5.69 Å². The fourth-order valence-corrected chi connectivity index (χ4v) is 1.85. The molecule has 0 radical (unpaired) electrons. The number of pyridine rings is 1. The van der Waals surface area contributed by atoms with Gasteiger partial charge in [-0.05, 0) is 19.1 Å². The normalized spacial score (nSPS) is 11.2. The molecule has 0 aliphatic heterocycles. The van der Waals surface area contributed by atoms with Gasteiger partial charge >= 0.3 is 11.9 Å². The summed E-state index contributed by atoms with van der Waals surface area (Å²) in [7, 11) is 0. The molecule has 0 saturated carbocycles. The number of nitriles is 1. The molecule has 0 fully saturated rings. The molecule has 0 aromatic carbocycles. The molecule has 0 aliphatic carbocycles. The van der Waals surface area contributed by atoms with Gasteiger partial charge in [-0.1, -0.05) is 0 Å². The number of rotatable bonds is 3. The number of nitrogens with zero attached hydrogens (tertiary/aromatic N) is 5. The fraction of sp³-hybridized carbons (Fsp3) is 0.250. The molecule has 10 heteroatoms. The highest BCUT2D eigenvalue weighted by atomic mass is 19.4. The molecule has 0 amide bonds. The third kappa shape index (κ3) is 2.88. The molecule has 0 atom stereocenters. The molecule has 0 unspecified atom stereocenters. The van der Waals surface area contributed by atoms with Gasteiger partial charge in [0.25, 0.3) is 4.92 Å². The number of aromatic nitrogens is 3. The van der Waals surface area contributed by atoms with Crippen molar-refractivity contribution < 1.29 is 23.3 Å². The van der Waals surface area contributed by atoms with E-state index >= 15 is 0 Å². The average molecular weight is 312 g/mol. The Labute approximate surface area is 121 Å². The minimum atomic E-state index is -4.88. The maximum Gasteiger partial charge on any atom is 0.442 e. The number of hydrogen-bond acceptors (Lipinski definition) is 4. The van der Waals surface area contributed by atoms with Crippen LogP contribution in [0.4, 0.5) is 18.9 Å². The Bertz CT molecular complexity index is 759. The molecule has 7 nitrogen and oxygen atoms in total. The highest BCUT2D eigenvalue weighted by Crippen LogP contribution is 2.36. The minimum absolute atomic E-state index is 0.144. The van der Waals surface area contributed by atoms with E-state index in [1.165, 1.54) is 25.3 Å². The van der Waals surface area contributed by atoms with E-state index < -0.39 is 22.5 Å². The minimum Gasteiger partial charge on any atom is -0.258 e. The van der Waals surface area contributed by atoms with Gasteiger partial charge in [0, 0.05) is 6.20 Å². The zero-order chi connectivity index (χ0) is 16.5. The Morgan fingerprint density at radius 3 is 2.55 bits per heavy atom. The molecule has 1 N–H and O–H groups in total. The fourth-order valence-electron chi connectivity index (χ4n) is 1.85. The molecule has 2 rings (SSSR count). The summed E-state index contributed by atoms with van der Waals surface area (Å²) in [6, 6.07) is 4.78. The molecule has 0 spiro atoms. The van der Waals surface area contributed by atoms with Crippen LogP contribution in [0.5, 0.6) is 0 Å². The van der Waals surface area contributed by atoms with Crippen LogP contribution in [-0.2, 0) is 12.7 Å². The van der Waals surface area contributed by atoms with Crippen molar-refractivity contribution in [2.75, 3.05) is 0 Å². The molecule has 2 aromatic heterocycles. The van der Waals surface area contributed by atoms with Gasteiger partial charge in [-0.2, -0.15) is 23.5 Å². The predicted molar refractivity (Wildman–Crippen MR) is 65.1 cm³/mol. The summed E-state index contributed by atoms with van der Waals surface area (Å²) in [6.45, 7) is 1.08. The molecule has 22 heavy (non-hydrogen) atoms. The first-order valence-corrected chi connectivity index (χ1v) is 5.89. The topological polar surface area (TPSA) is 94.8 Å². The molecule has 0 bridgehead atoms. The SMILES string of the molecule is Cc1c([N+](=O)O)c(C(F)(F)F)nn1Cc1ccc(C#N)cn1. The Hall–Kier alpha value is -2.96. The van der Waals surface area contributed by atoms with Crippen molar-refractivity contribution >= 4 is 5.69 Å². The quantitative estimate of drug-likeness (QED) is 0.878. The highest BCUT2D eigenvalue weighted by molar-refractivity contribution is 5.41. The Morgan fingerprint density at radius 1 is 1.45 bits per heavy atom. The second-order valence-electron chi connectivity index (χ2n) is 4.36. The lowest BCUT2D eigenvalue weighted by molar-refractivity contribution is -0.730. The van der Waals surface area contributed by atoms with Crippen molar-refractivity contribution in [3.63, 3.8) is 0 Å². The molecule has 0 saturated heterocycles. The maximum atomic E-state index is 12.8. The molecule has 114 valence electrons. The lowest BCUT2D eigenvalue weighted by Gasteiger charge is -2.03. The van der Waals surface area contributed by atoms with E-state index in [2.05, 4.69) is 10.1 Å². The Morgan fingerprint density at radius 2 is 2.14 bits per heavy atom. The molecular weight excluding hydrogens is 303 g/mol. The number of halogens is 3. The van der Waals surface area contributed by atoms with Gasteiger partial charge in [-0.25, -0.2) is 5.21 Å². The van der Waals surface area contributed by atoms with Crippen molar-refractivity contribution in [1.29, 1.82) is 5.26 Å². The summed E-state index contributed by atoms with van der Waals surface area (Å²) in [5.41, 5.74) is -1.94. The predicted octanol–water partition coefficient (Wildman–Crippen LogP) is 2.32. The first kappa shape index (κ1) is 15.4. The van der Waals surface area contributed by atoms with E-state index in [-0.39, 0.29) is 12.2 Å². The smallest absolute Gasteiger partial charge is 0.258 e. The highest BCUT2D eigenvalue weighted by Gasteiger charge is 2.46. The van der Waals surface area contributed by atoms with Crippen molar-refractivity contribution in [1.82, 2.24) is 14.8 Å². The third-order valence-corrected chi connectivity index (χ3v) is 2.90. The van der Waals surface area contributed by atoms with E-state index in [1.807, 2.05) is 6.07 Å². The van der Waals surface area contributed by atoms with Crippen LogP contribution in [0.25, 0.3) is 0 Å². The van der Waals surface area contributed by atoms with Crippen LogP contribution in [0.3, 0.4) is 0 Å². The number of hydrogen-bond donors (Lipinski definition) is 1. The molecule has 2 heterocycles. The molecule has 2 aromatic rings. The zero-order valence-electron chi connectivity index (χ0n) is 11.2. The van der Waals surface area contributed by atoms with Crippen LogP contribution < -0.4 is 0 Å². The van der Waals surface area contributed by atoms with Crippen LogP contribution in [0.15, 0.2) is 18.3 Å². The van der Waals surface area contributed by atoms with E-state index in [1.54, 1.807) is 0 Å². The standard InChI is InChI=1S/C12H9F3N5O2/c1-7-10(20(21)22)11(12(13,14)15)18-19(7)6-9-3-2-8(4-16)5-17-9/h2-3,5H,6H2,1H3,(H,21,22)/q+1. The van der Waals surface area contributed by atoms with Gasteiger partial charge in [0.05, 0.1) is 22.7 Å². The summed E-state index contributed by atoms with van der Waals surface area (Å²) < 4.78 is 39.4.